The molecular formula is C31H38F2N4O6S. The van der Waals surface area contributed by atoms with Crippen LogP contribution in [0.3, 0.4) is 0 Å². The number of carbonyl (C=O) groups is 2. The minimum absolute atomic E-state index is 0.193. The van der Waals surface area contributed by atoms with E-state index in [-0.39, 0.29) is 38.4 Å². The first-order valence-electron chi connectivity index (χ1n) is 15.2. The number of nitrogens with one attached hydrogen (secondary N) is 2. The summed E-state index contributed by atoms with van der Waals surface area (Å²) in [6.07, 6.45) is 4.64. The Bertz CT molecular complexity index is 1540. The highest BCUT2D eigenvalue weighted by atomic mass is 32.2. The summed E-state index contributed by atoms with van der Waals surface area (Å²) in [7, 11) is -3.81. The molecule has 0 unspecified atom stereocenters. The second kappa shape index (κ2) is 11.7. The normalized spacial score (nSPS) is 20.1. The molecule has 2 aromatic rings. The first kappa shape index (κ1) is 30.4. The fourth-order valence-corrected chi connectivity index (χ4v) is 7.23. The number of halogens is 2. The van der Waals surface area contributed by atoms with E-state index >= 15 is 0 Å². The molecule has 6 rings (SSSR count). The molecule has 3 fully saturated rings. The number of benzene rings is 2. The van der Waals surface area contributed by atoms with Gasteiger partial charge in [-0.25, -0.2) is 17.2 Å². The molecule has 1 aliphatic carbocycles. The SMILES string of the molecule is CC(=O)OCCS(=O)(=O)Nc1ccc(C(=O)Nc2cc3c(c(N4CCC(F)(F)CC4)c2)OCC3)c(N2CCC3(CC2)CC3)c1. The minimum atomic E-state index is -3.81. The van der Waals surface area contributed by atoms with Gasteiger partial charge in [0, 0.05) is 63.6 Å². The third-order valence-electron chi connectivity index (χ3n) is 9.15. The second-order valence-electron chi connectivity index (χ2n) is 12.4. The molecule has 2 aromatic carbocycles. The van der Waals surface area contributed by atoms with E-state index in [1.165, 1.54) is 19.8 Å². The Morgan fingerprint density at radius 1 is 0.932 bits per heavy atom. The lowest BCUT2D eigenvalue weighted by atomic mass is 9.93. The molecule has 2 saturated heterocycles. The average Bonchev–Trinajstić information content (AvgIpc) is 3.54. The molecule has 3 aliphatic heterocycles. The summed E-state index contributed by atoms with van der Waals surface area (Å²) >= 11 is 0. The minimum Gasteiger partial charge on any atom is -0.491 e. The van der Waals surface area contributed by atoms with E-state index < -0.39 is 27.7 Å². The van der Waals surface area contributed by atoms with Gasteiger partial charge in [0.05, 0.1) is 29.2 Å². The number of esters is 1. The third-order valence-corrected chi connectivity index (χ3v) is 10.4. The van der Waals surface area contributed by atoms with Crippen molar-refractivity contribution in [2.75, 3.05) is 65.0 Å². The number of hydrogen-bond donors (Lipinski definition) is 2. The zero-order valence-corrected chi connectivity index (χ0v) is 25.6. The lowest BCUT2D eigenvalue weighted by Crippen LogP contribution is -2.39. The summed E-state index contributed by atoms with van der Waals surface area (Å²) < 4.78 is 66.3. The molecule has 0 radical (unpaired) electrons. The predicted octanol–water partition coefficient (Wildman–Crippen LogP) is 4.79. The molecular weight excluding hydrogens is 594 g/mol. The molecule has 1 saturated carbocycles. The summed E-state index contributed by atoms with van der Waals surface area (Å²) in [6, 6.07) is 8.49. The maximum atomic E-state index is 13.9. The van der Waals surface area contributed by atoms with Gasteiger partial charge in [-0.15, -0.1) is 0 Å². The van der Waals surface area contributed by atoms with E-state index in [1.54, 1.807) is 24.3 Å². The third kappa shape index (κ3) is 6.87. The largest absolute Gasteiger partial charge is 0.491 e. The van der Waals surface area contributed by atoms with Gasteiger partial charge < -0.3 is 24.6 Å². The van der Waals surface area contributed by atoms with Gasteiger partial charge in [0.25, 0.3) is 11.8 Å². The zero-order valence-electron chi connectivity index (χ0n) is 24.8. The van der Waals surface area contributed by atoms with E-state index in [4.69, 9.17) is 9.47 Å². The molecule has 0 bridgehead atoms. The number of anilines is 4. The van der Waals surface area contributed by atoms with E-state index in [9.17, 15) is 26.8 Å². The van der Waals surface area contributed by atoms with E-state index in [0.717, 1.165) is 31.5 Å². The number of amides is 1. The standard InChI is InChI=1S/C31H38F2N4O6S/c1-21(38)42-16-17-44(40,41)35-23-2-3-25(26(19-23)36-11-7-30(5-6-30)8-12-36)29(39)34-24-18-22-4-15-43-28(22)27(20-24)37-13-9-31(32,33)10-14-37/h2-3,18-20,35H,4-17H2,1H3,(H,34,39). The average molecular weight is 633 g/mol. The molecule has 4 aliphatic rings. The molecule has 1 spiro atoms. The van der Waals surface area contributed by atoms with Crippen LogP contribution < -0.4 is 24.6 Å². The summed E-state index contributed by atoms with van der Waals surface area (Å²) in [5.41, 5.74) is 3.90. The quantitative estimate of drug-likeness (QED) is 0.379. The van der Waals surface area contributed by atoms with Crippen LogP contribution in [0.1, 0.15) is 61.4 Å². The van der Waals surface area contributed by atoms with Crippen molar-refractivity contribution in [2.24, 2.45) is 5.41 Å². The number of carbonyl (C=O) groups excluding carboxylic acids is 2. The van der Waals surface area contributed by atoms with Crippen molar-refractivity contribution >= 4 is 44.6 Å². The van der Waals surface area contributed by atoms with Crippen molar-refractivity contribution in [1.82, 2.24) is 0 Å². The van der Waals surface area contributed by atoms with Crippen LogP contribution in [0.5, 0.6) is 5.75 Å². The van der Waals surface area contributed by atoms with Crippen molar-refractivity contribution in [3.05, 3.63) is 41.5 Å². The Morgan fingerprint density at radius 3 is 2.27 bits per heavy atom. The molecule has 238 valence electrons. The van der Waals surface area contributed by atoms with E-state index in [2.05, 4.69) is 14.9 Å². The number of piperidine rings is 2. The highest BCUT2D eigenvalue weighted by Gasteiger charge is 2.44. The van der Waals surface area contributed by atoms with Gasteiger partial charge in [-0.05, 0) is 61.4 Å². The van der Waals surface area contributed by atoms with Crippen LogP contribution in [0.25, 0.3) is 0 Å². The number of nitrogens with zero attached hydrogens (tertiary/aromatic N) is 2. The Kier molecular flexibility index (Phi) is 8.10. The van der Waals surface area contributed by atoms with Crippen LogP contribution in [-0.4, -0.2) is 71.4 Å². The van der Waals surface area contributed by atoms with Crippen LogP contribution in [0.15, 0.2) is 30.3 Å². The highest BCUT2D eigenvalue weighted by Crippen LogP contribution is 2.54. The summed E-state index contributed by atoms with van der Waals surface area (Å²) in [4.78, 5) is 28.9. The Labute approximate surface area is 256 Å². The number of sulfonamides is 1. The van der Waals surface area contributed by atoms with Crippen molar-refractivity contribution in [1.29, 1.82) is 0 Å². The van der Waals surface area contributed by atoms with Gasteiger partial charge in [-0.2, -0.15) is 0 Å². The smallest absolute Gasteiger partial charge is 0.302 e. The number of alkyl halides is 2. The van der Waals surface area contributed by atoms with Crippen LogP contribution in [0.4, 0.5) is 31.5 Å². The predicted molar refractivity (Wildman–Crippen MR) is 164 cm³/mol. The van der Waals surface area contributed by atoms with Gasteiger partial charge in [0.15, 0.2) is 0 Å². The molecule has 0 aromatic heterocycles. The van der Waals surface area contributed by atoms with Crippen molar-refractivity contribution in [2.45, 2.75) is 57.8 Å². The van der Waals surface area contributed by atoms with Crippen LogP contribution in [0, 0.1) is 5.41 Å². The van der Waals surface area contributed by atoms with Gasteiger partial charge in [0.2, 0.25) is 10.0 Å². The summed E-state index contributed by atoms with van der Waals surface area (Å²) in [5.74, 6) is -3.31. The lowest BCUT2D eigenvalue weighted by Gasteiger charge is -2.35. The molecule has 10 nitrogen and oxygen atoms in total. The fourth-order valence-electron chi connectivity index (χ4n) is 6.34. The second-order valence-corrected chi connectivity index (χ2v) is 14.2. The maximum absolute atomic E-state index is 13.9. The molecule has 13 heteroatoms. The Morgan fingerprint density at radius 2 is 1.59 bits per heavy atom. The van der Waals surface area contributed by atoms with Crippen LogP contribution in [0.2, 0.25) is 0 Å². The number of fused-ring (bicyclic) bond motifs is 1. The topological polar surface area (TPSA) is 117 Å². The molecule has 3 heterocycles. The highest BCUT2D eigenvalue weighted by molar-refractivity contribution is 7.92. The van der Waals surface area contributed by atoms with Gasteiger partial charge in [0.1, 0.15) is 18.1 Å². The van der Waals surface area contributed by atoms with E-state index in [1.807, 2.05) is 11.0 Å². The van der Waals surface area contributed by atoms with Crippen molar-refractivity contribution in [3.63, 3.8) is 0 Å². The first-order valence-corrected chi connectivity index (χ1v) is 16.8. The summed E-state index contributed by atoms with van der Waals surface area (Å²) in [5, 5.41) is 3.01. The Hall–Kier alpha value is -3.61. The zero-order chi connectivity index (χ0) is 31.1. The Balaban J connectivity index is 1.25. The molecule has 0 atom stereocenters. The first-order chi connectivity index (χ1) is 20.9. The van der Waals surface area contributed by atoms with Crippen molar-refractivity contribution in [3.8, 4) is 5.75 Å². The maximum Gasteiger partial charge on any atom is 0.302 e. The van der Waals surface area contributed by atoms with Gasteiger partial charge >= 0.3 is 5.97 Å². The molecule has 44 heavy (non-hydrogen) atoms. The number of ether oxygens (including phenoxy) is 2. The monoisotopic (exact) mass is 632 g/mol. The summed E-state index contributed by atoms with van der Waals surface area (Å²) in [6.45, 7) is 3.33. The van der Waals surface area contributed by atoms with Gasteiger partial charge in [-0.1, -0.05) is 0 Å². The number of hydrogen-bond acceptors (Lipinski definition) is 8. The number of rotatable bonds is 9. The molecule has 2 N–H and O–H groups in total. The molecule has 1 amide bonds. The van der Waals surface area contributed by atoms with Crippen molar-refractivity contribution < 1.29 is 36.3 Å². The van der Waals surface area contributed by atoms with Crippen LogP contribution >= 0.6 is 0 Å². The fraction of sp³-hybridized carbons (Fsp3) is 0.548. The lowest BCUT2D eigenvalue weighted by molar-refractivity contribution is -0.140. The van der Waals surface area contributed by atoms with Crippen LogP contribution in [-0.2, 0) is 26.0 Å². The van der Waals surface area contributed by atoms with E-state index in [0.29, 0.717) is 52.5 Å². The van der Waals surface area contributed by atoms with Gasteiger partial charge in [-0.3, -0.25) is 14.3 Å².